The van der Waals surface area contributed by atoms with Crippen LogP contribution >= 0.6 is 0 Å². The molecule has 2 aliphatic carbocycles. The number of ether oxygens (including phenoxy) is 1. The fourth-order valence-corrected chi connectivity index (χ4v) is 6.23. The van der Waals surface area contributed by atoms with Gasteiger partial charge >= 0.3 is 6.18 Å². The molecule has 2 aromatic rings. The van der Waals surface area contributed by atoms with Crippen LogP contribution < -0.4 is 0 Å². The average molecular weight is 585 g/mol. The number of nitriles is 1. The maximum atomic E-state index is 13.4. The normalized spacial score (nSPS) is 20.3. The molecule has 2 atom stereocenters. The summed E-state index contributed by atoms with van der Waals surface area (Å²) in [5.41, 5.74) is 3.08. The molecule has 0 radical (unpaired) electrons. The number of hydrogen-bond acceptors (Lipinski definition) is 5. The molecule has 8 heteroatoms. The fraction of sp³-hybridized carbons (Fsp3) is 0.588. The Morgan fingerprint density at radius 3 is 2.38 bits per heavy atom. The van der Waals surface area contributed by atoms with Gasteiger partial charge in [-0.2, -0.15) is 18.4 Å². The number of alkyl halides is 3. The molecule has 1 unspecified atom stereocenters. The molecule has 228 valence electrons. The van der Waals surface area contributed by atoms with E-state index in [0.29, 0.717) is 37.3 Å². The topological polar surface area (TPSA) is 86.4 Å². The predicted molar refractivity (Wildman–Crippen MR) is 157 cm³/mol. The van der Waals surface area contributed by atoms with Gasteiger partial charge in [-0.1, -0.05) is 59.6 Å². The number of benzene rings is 1. The summed E-state index contributed by atoms with van der Waals surface area (Å²) in [6.07, 6.45) is 1.75. The van der Waals surface area contributed by atoms with Gasteiger partial charge in [-0.3, -0.25) is 4.98 Å². The van der Waals surface area contributed by atoms with Gasteiger partial charge in [0.15, 0.2) is 0 Å². The van der Waals surface area contributed by atoms with Crippen LogP contribution in [0.3, 0.4) is 0 Å². The lowest BCUT2D eigenvalue weighted by atomic mass is 9.59. The standard InChI is InChI=1S/C29H31F3N2O3.C5H12/c1-16(2)26-25(27(36)18-4-5-20(29(30,31)32)19(12-18)15-33)23(17-6-10-37-11-7-17)24-21(34-26)13-28(8-3-9-28)14-22(24)35;1-4-5(2)3/h4-6,12,16,22,27,35-36H,3,7-11,13-14H2,1-2H3;5H,4H2,1-3H3/t22?,27-;/m0./s1. The molecule has 1 fully saturated rings. The number of aliphatic hydroxyl groups is 2. The summed E-state index contributed by atoms with van der Waals surface area (Å²) in [7, 11) is 0. The number of aromatic nitrogens is 1. The zero-order valence-corrected chi connectivity index (χ0v) is 25.3. The summed E-state index contributed by atoms with van der Waals surface area (Å²) >= 11 is 0. The van der Waals surface area contributed by atoms with E-state index in [1.807, 2.05) is 19.9 Å². The molecule has 1 aromatic carbocycles. The van der Waals surface area contributed by atoms with Gasteiger partial charge in [0.2, 0.25) is 0 Å². The molecule has 5 nitrogen and oxygen atoms in total. The average Bonchev–Trinajstić information content (AvgIpc) is 2.94. The van der Waals surface area contributed by atoms with Gasteiger partial charge in [0.25, 0.3) is 0 Å². The third-order valence-corrected chi connectivity index (χ3v) is 9.00. The highest BCUT2D eigenvalue weighted by Gasteiger charge is 2.46. The molecule has 3 aliphatic rings. The van der Waals surface area contributed by atoms with E-state index in [-0.39, 0.29) is 16.9 Å². The van der Waals surface area contributed by atoms with Gasteiger partial charge in [0.1, 0.15) is 6.10 Å². The molecule has 1 aliphatic heterocycles. The van der Waals surface area contributed by atoms with E-state index in [1.165, 1.54) is 12.5 Å². The number of rotatable bonds is 5. The Morgan fingerprint density at radius 1 is 1.19 bits per heavy atom. The highest BCUT2D eigenvalue weighted by Crippen LogP contribution is 2.55. The van der Waals surface area contributed by atoms with E-state index in [0.717, 1.165) is 66.1 Å². The summed E-state index contributed by atoms with van der Waals surface area (Å²) in [6.45, 7) is 11.5. The Kier molecular flexibility index (Phi) is 9.86. The van der Waals surface area contributed by atoms with E-state index in [1.54, 1.807) is 6.07 Å². The zero-order valence-electron chi connectivity index (χ0n) is 25.3. The quantitative estimate of drug-likeness (QED) is 0.370. The maximum Gasteiger partial charge on any atom is 0.417 e. The van der Waals surface area contributed by atoms with Gasteiger partial charge in [-0.15, -0.1) is 0 Å². The minimum atomic E-state index is -4.68. The molecule has 1 spiro atoms. The van der Waals surface area contributed by atoms with Crippen LogP contribution in [-0.2, 0) is 17.3 Å². The number of fused-ring (bicyclic) bond motifs is 1. The lowest BCUT2D eigenvalue weighted by Crippen LogP contribution is -2.38. The van der Waals surface area contributed by atoms with E-state index in [2.05, 4.69) is 20.8 Å². The van der Waals surface area contributed by atoms with Crippen LogP contribution in [0.2, 0.25) is 0 Å². The highest BCUT2D eigenvalue weighted by molar-refractivity contribution is 5.75. The lowest BCUT2D eigenvalue weighted by Gasteiger charge is -2.47. The van der Waals surface area contributed by atoms with Crippen molar-refractivity contribution >= 4 is 5.57 Å². The van der Waals surface area contributed by atoms with Gasteiger partial charge in [0, 0.05) is 22.5 Å². The molecule has 0 bridgehead atoms. The Balaban J connectivity index is 0.000000748. The van der Waals surface area contributed by atoms with Crippen LogP contribution in [0.25, 0.3) is 5.57 Å². The first-order valence-corrected chi connectivity index (χ1v) is 15.1. The van der Waals surface area contributed by atoms with Crippen LogP contribution in [-0.4, -0.2) is 28.4 Å². The Bertz CT molecular complexity index is 1350. The van der Waals surface area contributed by atoms with Crippen molar-refractivity contribution in [3.05, 3.63) is 69.0 Å². The molecule has 2 heterocycles. The minimum absolute atomic E-state index is 0.0598. The summed E-state index contributed by atoms with van der Waals surface area (Å²) in [6, 6.07) is 4.81. The van der Waals surface area contributed by atoms with Crippen LogP contribution in [0.5, 0.6) is 0 Å². The van der Waals surface area contributed by atoms with Gasteiger partial charge in [0.05, 0.1) is 36.5 Å². The molecule has 42 heavy (non-hydrogen) atoms. The number of pyridine rings is 1. The van der Waals surface area contributed by atoms with Gasteiger partial charge in [-0.05, 0) is 78.2 Å². The zero-order chi connectivity index (χ0) is 30.8. The largest absolute Gasteiger partial charge is 0.417 e. The first kappa shape index (κ1) is 32.2. The van der Waals surface area contributed by atoms with Gasteiger partial charge in [-0.25, -0.2) is 0 Å². The lowest BCUT2D eigenvalue weighted by molar-refractivity contribution is -0.137. The third-order valence-electron chi connectivity index (χ3n) is 9.00. The SMILES string of the molecule is CC(C)c1nc2c(c(C3=CCOCC3)c1[C@@H](O)c1ccc(C(F)(F)F)c(C#N)c1)C(O)CC1(CCC1)C2.CCC(C)C. The molecule has 0 amide bonds. The second-order valence-corrected chi connectivity index (χ2v) is 12.7. The molecular formula is C34H43F3N2O3. The van der Waals surface area contributed by atoms with Crippen molar-refractivity contribution in [3.8, 4) is 6.07 Å². The molecule has 2 N–H and O–H groups in total. The van der Waals surface area contributed by atoms with Crippen LogP contribution in [0.15, 0.2) is 24.3 Å². The van der Waals surface area contributed by atoms with E-state index in [4.69, 9.17) is 9.72 Å². The summed E-state index contributed by atoms with van der Waals surface area (Å²) < 4.78 is 45.8. The van der Waals surface area contributed by atoms with E-state index >= 15 is 0 Å². The van der Waals surface area contributed by atoms with Crippen molar-refractivity contribution in [3.63, 3.8) is 0 Å². The number of halogens is 3. The van der Waals surface area contributed by atoms with Crippen molar-refractivity contribution in [2.24, 2.45) is 11.3 Å². The van der Waals surface area contributed by atoms with Crippen molar-refractivity contribution in [2.45, 2.75) is 104 Å². The van der Waals surface area contributed by atoms with Crippen molar-refractivity contribution < 1.29 is 28.1 Å². The Hall–Kier alpha value is -2.73. The fourth-order valence-electron chi connectivity index (χ4n) is 6.23. The maximum absolute atomic E-state index is 13.4. The highest BCUT2D eigenvalue weighted by atomic mass is 19.4. The number of hydrogen-bond donors (Lipinski definition) is 2. The van der Waals surface area contributed by atoms with Crippen molar-refractivity contribution in [1.29, 1.82) is 5.26 Å². The van der Waals surface area contributed by atoms with Crippen molar-refractivity contribution in [2.75, 3.05) is 13.2 Å². The van der Waals surface area contributed by atoms with E-state index < -0.39 is 29.5 Å². The summed E-state index contributed by atoms with van der Waals surface area (Å²) in [5.74, 6) is 0.797. The minimum Gasteiger partial charge on any atom is -0.388 e. The molecule has 5 rings (SSSR count). The molecule has 0 saturated heterocycles. The smallest absolute Gasteiger partial charge is 0.388 e. The van der Waals surface area contributed by atoms with Gasteiger partial charge < -0.3 is 14.9 Å². The summed E-state index contributed by atoms with van der Waals surface area (Å²) in [4.78, 5) is 5.02. The first-order valence-electron chi connectivity index (χ1n) is 15.1. The first-order chi connectivity index (χ1) is 19.8. The molecule has 1 saturated carbocycles. The molecular weight excluding hydrogens is 541 g/mol. The van der Waals surface area contributed by atoms with Crippen LogP contribution in [0.1, 0.15) is 136 Å². The Morgan fingerprint density at radius 2 is 1.88 bits per heavy atom. The van der Waals surface area contributed by atoms with Crippen molar-refractivity contribution in [1.82, 2.24) is 4.98 Å². The van der Waals surface area contributed by atoms with Crippen LogP contribution in [0.4, 0.5) is 13.2 Å². The van der Waals surface area contributed by atoms with Crippen LogP contribution in [0, 0.1) is 22.7 Å². The summed E-state index contributed by atoms with van der Waals surface area (Å²) in [5, 5.41) is 32.6. The number of aliphatic hydroxyl groups excluding tert-OH is 2. The molecule has 1 aromatic heterocycles. The number of nitrogens with zero attached hydrogens (tertiary/aromatic N) is 2. The monoisotopic (exact) mass is 584 g/mol. The second kappa shape index (κ2) is 12.9. The predicted octanol–water partition coefficient (Wildman–Crippen LogP) is 8.18. The Labute approximate surface area is 247 Å². The van der Waals surface area contributed by atoms with E-state index in [9.17, 15) is 28.6 Å². The third kappa shape index (κ3) is 6.59. The second-order valence-electron chi connectivity index (χ2n) is 12.7.